The molecule has 0 spiro atoms. The number of ketones is 1. The first-order chi connectivity index (χ1) is 13.5. The number of amides is 2. The molecule has 1 aliphatic heterocycles. The number of carbonyl (C=O) groups is 3. The maximum Gasteiger partial charge on any atom is 0.228 e. The zero-order chi connectivity index (χ0) is 19.7. The molecule has 2 unspecified atom stereocenters. The van der Waals surface area contributed by atoms with E-state index in [1.165, 1.54) is 6.92 Å². The third-order valence-corrected chi connectivity index (χ3v) is 4.83. The zero-order valence-electron chi connectivity index (χ0n) is 15.4. The van der Waals surface area contributed by atoms with Crippen molar-refractivity contribution in [3.8, 4) is 11.5 Å². The van der Waals surface area contributed by atoms with Crippen LogP contribution in [0.2, 0.25) is 0 Å². The maximum absolute atomic E-state index is 12.4. The van der Waals surface area contributed by atoms with E-state index < -0.39 is 0 Å². The fourth-order valence-electron chi connectivity index (χ4n) is 3.15. The van der Waals surface area contributed by atoms with E-state index in [0.29, 0.717) is 48.1 Å². The van der Waals surface area contributed by atoms with Crippen molar-refractivity contribution in [2.75, 3.05) is 23.8 Å². The number of anilines is 2. The van der Waals surface area contributed by atoms with Gasteiger partial charge in [-0.1, -0.05) is 0 Å². The van der Waals surface area contributed by atoms with E-state index in [0.717, 1.165) is 0 Å². The van der Waals surface area contributed by atoms with Crippen LogP contribution in [0.1, 0.15) is 23.7 Å². The topological polar surface area (TPSA) is 93.7 Å². The molecule has 0 bridgehead atoms. The number of ether oxygens (including phenoxy) is 2. The van der Waals surface area contributed by atoms with Crippen LogP contribution in [-0.4, -0.2) is 30.8 Å². The lowest BCUT2D eigenvalue weighted by molar-refractivity contribution is -0.122. The molecule has 1 heterocycles. The van der Waals surface area contributed by atoms with Crippen LogP contribution in [0.5, 0.6) is 11.5 Å². The van der Waals surface area contributed by atoms with Gasteiger partial charge in [-0.05, 0) is 49.7 Å². The average molecular weight is 380 g/mol. The van der Waals surface area contributed by atoms with E-state index in [1.807, 2.05) is 0 Å². The molecule has 28 heavy (non-hydrogen) atoms. The van der Waals surface area contributed by atoms with E-state index in [9.17, 15) is 14.4 Å². The van der Waals surface area contributed by atoms with Crippen LogP contribution in [0.15, 0.2) is 42.5 Å². The lowest BCUT2D eigenvalue weighted by Gasteiger charge is -2.19. The number of nitrogens with one attached hydrogen (secondary N) is 2. The predicted molar refractivity (Wildman–Crippen MR) is 103 cm³/mol. The molecule has 144 valence electrons. The van der Waals surface area contributed by atoms with Gasteiger partial charge in [-0.25, -0.2) is 0 Å². The third-order valence-electron chi connectivity index (χ3n) is 4.83. The van der Waals surface area contributed by atoms with Crippen molar-refractivity contribution in [3.63, 3.8) is 0 Å². The summed E-state index contributed by atoms with van der Waals surface area (Å²) in [5.74, 6) is 0.124. The van der Waals surface area contributed by atoms with Crippen LogP contribution >= 0.6 is 0 Å². The van der Waals surface area contributed by atoms with E-state index in [2.05, 4.69) is 10.6 Å². The molecule has 7 heteroatoms. The molecule has 2 aromatic rings. The van der Waals surface area contributed by atoms with Gasteiger partial charge in [0, 0.05) is 23.0 Å². The summed E-state index contributed by atoms with van der Waals surface area (Å²) in [6, 6.07) is 11.9. The first-order valence-corrected chi connectivity index (χ1v) is 9.13. The highest BCUT2D eigenvalue weighted by molar-refractivity contribution is 6.03. The first kappa shape index (κ1) is 18.0. The quantitative estimate of drug-likeness (QED) is 0.778. The predicted octanol–water partition coefficient (Wildman–Crippen LogP) is 2.87. The van der Waals surface area contributed by atoms with Crippen LogP contribution in [0.3, 0.4) is 0 Å². The smallest absolute Gasteiger partial charge is 0.228 e. The van der Waals surface area contributed by atoms with E-state index >= 15 is 0 Å². The Morgan fingerprint density at radius 1 is 0.821 bits per heavy atom. The first-order valence-electron chi connectivity index (χ1n) is 9.13. The Morgan fingerprint density at radius 2 is 1.39 bits per heavy atom. The second kappa shape index (κ2) is 7.34. The normalized spacial score (nSPS) is 19.5. The van der Waals surface area contributed by atoms with E-state index in [4.69, 9.17) is 9.47 Å². The second-order valence-corrected chi connectivity index (χ2v) is 6.92. The molecule has 1 fully saturated rings. The molecule has 0 radical (unpaired) electrons. The van der Waals surface area contributed by atoms with Crippen molar-refractivity contribution in [1.82, 2.24) is 0 Å². The highest BCUT2D eigenvalue weighted by Crippen LogP contribution is 2.41. The van der Waals surface area contributed by atoms with Crippen molar-refractivity contribution >= 4 is 29.0 Å². The van der Waals surface area contributed by atoms with Gasteiger partial charge in [0.05, 0.1) is 11.8 Å². The van der Waals surface area contributed by atoms with Gasteiger partial charge < -0.3 is 20.1 Å². The second-order valence-electron chi connectivity index (χ2n) is 6.92. The molecule has 2 aliphatic rings. The van der Waals surface area contributed by atoms with Gasteiger partial charge in [0.25, 0.3) is 0 Å². The van der Waals surface area contributed by atoms with Crippen molar-refractivity contribution in [1.29, 1.82) is 0 Å². The number of benzene rings is 2. The molecule has 1 saturated carbocycles. The van der Waals surface area contributed by atoms with Gasteiger partial charge in [0.1, 0.15) is 13.2 Å². The Balaban J connectivity index is 1.32. The number of hydrogen-bond acceptors (Lipinski definition) is 5. The number of carbonyl (C=O) groups excluding carboxylic acids is 3. The molecule has 2 atom stereocenters. The number of Topliss-reactive ketones (excluding diaryl/α,β-unsaturated/α-hetero) is 1. The summed E-state index contributed by atoms with van der Waals surface area (Å²) in [4.78, 5) is 36.1. The summed E-state index contributed by atoms with van der Waals surface area (Å²) in [6.07, 6.45) is 0.508. The molecule has 0 aromatic heterocycles. The SMILES string of the molecule is CC(=O)c1ccc(NC(=O)C2CC2C(=O)Nc2ccc3c(c2)OCCO3)cc1. The minimum absolute atomic E-state index is 0.0315. The molecule has 4 rings (SSSR count). The summed E-state index contributed by atoms with van der Waals surface area (Å²) in [6.45, 7) is 2.47. The van der Waals surface area contributed by atoms with Gasteiger partial charge in [0.15, 0.2) is 17.3 Å². The van der Waals surface area contributed by atoms with Crippen LogP contribution in [-0.2, 0) is 9.59 Å². The number of hydrogen-bond donors (Lipinski definition) is 2. The molecule has 1 aliphatic carbocycles. The Bertz CT molecular complexity index is 938. The molecular weight excluding hydrogens is 360 g/mol. The molecule has 0 saturated heterocycles. The van der Waals surface area contributed by atoms with Crippen molar-refractivity contribution in [2.24, 2.45) is 11.8 Å². The minimum atomic E-state index is -0.357. The van der Waals surface area contributed by atoms with Crippen LogP contribution in [0, 0.1) is 11.8 Å². The summed E-state index contributed by atoms with van der Waals surface area (Å²) in [7, 11) is 0. The molecule has 2 amide bonds. The van der Waals surface area contributed by atoms with Crippen molar-refractivity contribution in [3.05, 3.63) is 48.0 Å². The van der Waals surface area contributed by atoms with Crippen molar-refractivity contribution < 1.29 is 23.9 Å². The van der Waals surface area contributed by atoms with Crippen LogP contribution in [0.25, 0.3) is 0 Å². The summed E-state index contributed by atoms with van der Waals surface area (Å²) >= 11 is 0. The standard InChI is InChI=1S/C21H20N2O5/c1-12(24)13-2-4-14(5-3-13)22-20(25)16-11-17(16)21(26)23-15-6-7-18-19(10-15)28-9-8-27-18/h2-7,10,16-17H,8-9,11H2,1H3,(H,22,25)(H,23,26). The molecule has 2 N–H and O–H groups in total. The number of fused-ring (bicyclic) bond motifs is 1. The Labute approximate surface area is 162 Å². The highest BCUT2D eigenvalue weighted by Gasteiger charge is 2.48. The van der Waals surface area contributed by atoms with Crippen molar-refractivity contribution in [2.45, 2.75) is 13.3 Å². The van der Waals surface area contributed by atoms with Crippen LogP contribution in [0.4, 0.5) is 11.4 Å². The Hall–Kier alpha value is -3.35. The Morgan fingerprint density at radius 3 is 2.04 bits per heavy atom. The fourth-order valence-corrected chi connectivity index (χ4v) is 3.15. The lowest BCUT2D eigenvalue weighted by Crippen LogP contribution is -2.21. The largest absolute Gasteiger partial charge is 0.486 e. The fraction of sp³-hybridized carbons (Fsp3) is 0.286. The summed E-state index contributed by atoms with van der Waals surface area (Å²) < 4.78 is 11.0. The minimum Gasteiger partial charge on any atom is -0.486 e. The van der Waals surface area contributed by atoms with E-state index in [-0.39, 0.29) is 29.4 Å². The average Bonchev–Trinajstić information content (AvgIpc) is 3.49. The highest BCUT2D eigenvalue weighted by atomic mass is 16.6. The van der Waals surface area contributed by atoms with E-state index in [1.54, 1.807) is 42.5 Å². The van der Waals surface area contributed by atoms with Gasteiger partial charge in [-0.3, -0.25) is 14.4 Å². The Kier molecular flexibility index (Phi) is 4.73. The molecule has 7 nitrogen and oxygen atoms in total. The third kappa shape index (κ3) is 3.83. The summed E-state index contributed by atoms with van der Waals surface area (Å²) in [5, 5.41) is 5.62. The van der Waals surface area contributed by atoms with Crippen LogP contribution < -0.4 is 20.1 Å². The monoisotopic (exact) mass is 380 g/mol. The van der Waals surface area contributed by atoms with Gasteiger partial charge in [0.2, 0.25) is 11.8 Å². The zero-order valence-corrected chi connectivity index (χ0v) is 15.4. The molecule has 2 aromatic carbocycles. The summed E-state index contributed by atoms with van der Waals surface area (Å²) in [5.41, 5.74) is 1.80. The van der Waals surface area contributed by atoms with Gasteiger partial charge in [-0.15, -0.1) is 0 Å². The number of rotatable bonds is 5. The van der Waals surface area contributed by atoms with Gasteiger partial charge in [-0.2, -0.15) is 0 Å². The maximum atomic E-state index is 12.4. The molecular formula is C21H20N2O5. The lowest BCUT2D eigenvalue weighted by atomic mass is 10.1. The van der Waals surface area contributed by atoms with Gasteiger partial charge >= 0.3 is 0 Å².